The third-order valence-electron chi connectivity index (χ3n) is 1.51. The van der Waals surface area contributed by atoms with Gasteiger partial charge in [-0.15, -0.1) is 11.3 Å². The highest BCUT2D eigenvalue weighted by molar-refractivity contribution is 9.11. The number of aromatic nitrogens is 2. The van der Waals surface area contributed by atoms with Crippen molar-refractivity contribution in [3.05, 3.63) is 33.0 Å². The first-order chi connectivity index (χ1) is 6.25. The van der Waals surface area contributed by atoms with Crippen LogP contribution in [0, 0.1) is 4.77 Å². The number of rotatable bonds is 1. The van der Waals surface area contributed by atoms with E-state index in [-0.39, 0.29) is 0 Å². The summed E-state index contributed by atoms with van der Waals surface area (Å²) < 4.78 is 1.63. The number of nitrogens with zero attached hydrogens (tertiary/aromatic N) is 1. The summed E-state index contributed by atoms with van der Waals surface area (Å²) in [5.41, 5.74) is 1.01. The van der Waals surface area contributed by atoms with Gasteiger partial charge in [0.15, 0.2) is 4.77 Å². The van der Waals surface area contributed by atoms with Crippen LogP contribution in [0.4, 0.5) is 0 Å². The summed E-state index contributed by atoms with van der Waals surface area (Å²) in [5.74, 6) is 0. The number of nitrogens with one attached hydrogen (secondary N) is 1. The van der Waals surface area contributed by atoms with Crippen LogP contribution in [0.3, 0.4) is 0 Å². The standard InChI is InChI=1S/C8H5BrN2S2/c9-7-2-1-6(13-7)5-3-4-10-8(12)11-5/h1-4H,(H,10,11,12). The van der Waals surface area contributed by atoms with Crippen LogP contribution >= 0.6 is 39.5 Å². The smallest absolute Gasteiger partial charge is 0.197 e. The number of H-pyrrole nitrogens is 1. The molecule has 0 saturated carbocycles. The fourth-order valence-corrected chi connectivity index (χ4v) is 2.51. The Bertz CT molecular complexity index is 475. The summed E-state index contributed by atoms with van der Waals surface area (Å²) in [7, 11) is 0. The summed E-state index contributed by atoms with van der Waals surface area (Å²) in [4.78, 5) is 8.11. The quantitative estimate of drug-likeness (QED) is 0.804. The maximum atomic E-state index is 4.93. The molecule has 2 aromatic rings. The molecular weight excluding hydrogens is 268 g/mol. The molecule has 0 bridgehead atoms. The molecule has 2 rings (SSSR count). The van der Waals surface area contributed by atoms with E-state index in [0.29, 0.717) is 4.77 Å². The van der Waals surface area contributed by atoms with Gasteiger partial charge < -0.3 is 4.98 Å². The molecule has 0 saturated heterocycles. The zero-order chi connectivity index (χ0) is 9.26. The number of hydrogen-bond donors (Lipinski definition) is 1. The van der Waals surface area contributed by atoms with Crippen LogP contribution in [0.1, 0.15) is 0 Å². The van der Waals surface area contributed by atoms with Crippen LogP contribution in [-0.2, 0) is 0 Å². The van der Waals surface area contributed by atoms with Crippen molar-refractivity contribution in [3.8, 4) is 10.6 Å². The van der Waals surface area contributed by atoms with Crippen LogP contribution in [-0.4, -0.2) is 9.97 Å². The zero-order valence-corrected chi connectivity index (χ0v) is 9.67. The van der Waals surface area contributed by atoms with E-state index in [1.165, 1.54) is 0 Å². The fourth-order valence-electron chi connectivity index (χ4n) is 0.971. The summed E-state index contributed by atoms with van der Waals surface area (Å²) in [6.45, 7) is 0. The van der Waals surface area contributed by atoms with Gasteiger partial charge >= 0.3 is 0 Å². The van der Waals surface area contributed by atoms with Crippen molar-refractivity contribution >= 4 is 39.5 Å². The molecule has 0 atom stereocenters. The second-order valence-electron chi connectivity index (χ2n) is 2.39. The third kappa shape index (κ3) is 2.04. The first kappa shape index (κ1) is 9.05. The molecule has 0 spiro atoms. The molecule has 0 unspecified atom stereocenters. The number of halogens is 1. The highest BCUT2D eigenvalue weighted by Crippen LogP contribution is 2.29. The molecule has 0 aliphatic rings. The van der Waals surface area contributed by atoms with Crippen molar-refractivity contribution in [2.75, 3.05) is 0 Å². The number of thiophene rings is 1. The minimum Gasteiger partial charge on any atom is -0.330 e. The molecule has 1 N–H and O–H groups in total. The Hall–Kier alpha value is -0.520. The maximum Gasteiger partial charge on any atom is 0.197 e. The zero-order valence-electron chi connectivity index (χ0n) is 6.45. The average molecular weight is 273 g/mol. The van der Waals surface area contributed by atoms with Crippen LogP contribution in [0.15, 0.2) is 28.2 Å². The Labute approximate surface area is 92.8 Å². The van der Waals surface area contributed by atoms with Gasteiger partial charge in [-0.3, -0.25) is 0 Å². The number of aromatic amines is 1. The monoisotopic (exact) mass is 272 g/mol. The molecule has 2 nitrogen and oxygen atoms in total. The topological polar surface area (TPSA) is 28.7 Å². The molecular formula is C8H5BrN2S2. The predicted molar refractivity (Wildman–Crippen MR) is 60.4 cm³/mol. The summed E-state index contributed by atoms with van der Waals surface area (Å²) in [5, 5.41) is 0. The Kier molecular flexibility index (Phi) is 2.57. The lowest BCUT2D eigenvalue weighted by Gasteiger charge is -1.94. The molecule has 2 aromatic heterocycles. The predicted octanol–water partition coefficient (Wildman–Crippen LogP) is 3.63. The van der Waals surface area contributed by atoms with Crippen LogP contribution in [0.5, 0.6) is 0 Å². The van der Waals surface area contributed by atoms with Crippen molar-refractivity contribution in [2.24, 2.45) is 0 Å². The molecule has 2 heterocycles. The van der Waals surface area contributed by atoms with E-state index in [1.54, 1.807) is 17.5 Å². The van der Waals surface area contributed by atoms with E-state index in [9.17, 15) is 0 Å². The summed E-state index contributed by atoms with van der Waals surface area (Å²) in [6.07, 6.45) is 1.71. The normalized spacial score (nSPS) is 10.2. The van der Waals surface area contributed by atoms with E-state index in [0.717, 1.165) is 14.4 Å². The second kappa shape index (κ2) is 3.69. The summed E-state index contributed by atoms with van der Waals surface area (Å²) in [6, 6.07) is 5.96. The van der Waals surface area contributed by atoms with Gasteiger partial charge in [0.05, 0.1) is 14.4 Å². The molecule has 66 valence electrons. The van der Waals surface area contributed by atoms with Gasteiger partial charge in [-0.1, -0.05) is 0 Å². The van der Waals surface area contributed by atoms with Crippen molar-refractivity contribution in [2.45, 2.75) is 0 Å². The van der Waals surface area contributed by atoms with Crippen LogP contribution in [0.2, 0.25) is 0 Å². The molecule has 0 fully saturated rings. The second-order valence-corrected chi connectivity index (χ2v) is 5.24. The Morgan fingerprint density at radius 2 is 2.23 bits per heavy atom. The molecule has 0 aliphatic carbocycles. The van der Waals surface area contributed by atoms with Gasteiger partial charge in [-0.2, -0.15) is 0 Å². The lowest BCUT2D eigenvalue weighted by molar-refractivity contribution is 1.14. The van der Waals surface area contributed by atoms with Crippen molar-refractivity contribution in [1.82, 2.24) is 9.97 Å². The van der Waals surface area contributed by atoms with Crippen molar-refractivity contribution in [1.29, 1.82) is 0 Å². The van der Waals surface area contributed by atoms with Gasteiger partial charge in [-0.05, 0) is 46.3 Å². The van der Waals surface area contributed by atoms with E-state index < -0.39 is 0 Å². The van der Waals surface area contributed by atoms with Crippen LogP contribution < -0.4 is 0 Å². The highest BCUT2D eigenvalue weighted by atomic mass is 79.9. The van der Waals surface area contributed by atoms with Gasteiger partial charge in [0.25, 0.3) is 0 Å². The molecule has 0 radical (unpaired) electrons. The third-order valence-corrected chi connectivity index (χ3v) is 3.38. The van der Waals surface area contributed by atoms with E-state index in [2.05, 4.69) is 25.9 Å². The van der Waals surface area contributed by atoms with Gasteiger partial charge in [0, 0.05) is 6.20 Å². The van der Waals surface area contributed by atoms with E-state index in [4.69, 9.17) is 12.2 Å². The minimum atomic E-state index is 0.516. The van der Waals surface area contributed by atoms with Gasteiger partial charge in [-0.25, -0.2) is 4.98 Å². The molecule has 5 heteroatoms. The molecule has 13 heavy (non-hydrogen) atoms. The largest absolute Gasteiger partial charge is 0.330 e. The van der Waals surface area contributed by atoms with Crippen molar-refractivity contribution in [3.63, 3.8) is 0 Å². The highest BCUT2D eigenvalue weighted by Gasteiger charge is 2.00. The Balaban J connectivity index is 2.52. The molecule has 0 aromatic carbocycles. The summed E-state index contributed by atoms with van der Waals surface area (Å²) >= 11 is 10.0. The van der Waals surface area contributed by atoms with Crippen molar-refractivity contribution < 1.29 is 0 Å². The van der Waals surface area contributed by atoms with Gasteiger partial charge in [0.2, 0.25) is 0 Å². The maximum absolute atomic E-state index is 4.93. The lowest BCUT2D eigenvalue weighted by Crippen LogP contribution is -1.82. The molecule has 0 amide bonds. The first-order valence-corrected chi connectivity index (χ1v) is 5.58. The SMILES string of the molecule is S=c1nccc(-c2ccc(Br)s2)[nH]1. The number of hydrogen-bond acceptors (Lipinski definition) is 3. The molecule has 0 aliphatic heterocycles. The average Bonchev–Trinajstić information content (AvgIpc) is 2.52. The lowest BCUT2D eigenvalue weighted by atomic mass is 10.3. The first-order valence-electron chi connectivity index (χ1n) is 3.57. The van der Waals surface area contributed by atoms with Crippen LogP contribution in [0.25, 0.3) is 10.6 Å². The minimum absolute atomic E-state index is 0.516. The Morgan fingerprint density at radius 3 is 2.85 bits per heavy atom. The van der Waals surface area contributed by atoms with E-state index in [1.807, 2.05) is 18.2 Å². The Morgan fingerprint density at radius 1 is 1.38 bits per heavy atom. The fraction of sp³-hybridized carbons (Fsp3) is 0. The van der Waals surface area contributed by atoms with E-state index >= 15 is 0 Å². The van der Waals surface area contributed by atoms with Gasteiger partial charge in [0.1, 0.15) is 0 Å².